The van der Waals surface area contributed by atoms with E-state index in [-0.39, 0.29) is 0 Å². The van der Waals surface area contributed by atoms with Crippen LogP contribution in [0.15, 0.2) is 11.6 Å². The zero-order valence-electron chi connectivity index (χ0n) is 11.1. The Bertz CT molecular complexity index is 169. The maximum atomic E-state index is 3.42. The van der Waals surface area contributed by atoms with Crippen LogP contribution in [-0.4, -0.2) is 37.6 Å². The molecule has 0 aromatic rings. The molecule has 2 nitrogen and oxygen atoms in total. The van der Waals surface area contributed by atoms with Crippen LogP contribution in [0.3, 0.4) is 0 Å². The highest BCUT2D eigenvalue weighted by Gasteiger charge is 2.01. The lowest BCUT2D eigenvalue weighted by Gasteiger charge is -2.20. The molecule has 0 spiro atoms. The van der Waals surface area contributed by atoms with Gasteiger partial charge in [0.1, 0.15) is 0 Å². The first-order valence-electron chi connectivity index (χ1n) is 6.08. The largest absolute Gasteiger partial charge is 0.313 e. The van der Waals surface area contributed by atoms with Gasteiger partial charge in [-0.05, 0) is 60.7 Å². The third kappa shape index (κ3) is 9.95. The topological polar surface area (TPSA) is 15.3 Å². The van der Waals surface area contributed by atoms with Crippen molar-refractivity contribution in [1.29, 1.82) is 0 Å². The van der Waals surface area contributed by atoms with Crippen molar-refractivity contribution in [2.75, 3.05) is 26.7 Å². The van der Waals surface area contributed by atoms with Gasteiger partial charge in [0.2, 0.25) is 0 Å². The molecule has 15 heavy (non-hydrogen) atoms. The van der Waals surface area contributed by atoms with E-state index in [1.165, 1.54) is 25.0 Å². The minimum Gasteiger partial charge on any atom is -0.313 e. The zero-order chi connectivity index (χ0) is 11.7. The number of allylic oxidation sites excluding steroid dienone is 1. The maximum absolute atomic E-state index is 3.42. The van der Waals surface area contributed by atoms with Crippen molar-refractivity contribution in [2.24, 2.45) is 0 Å². The summed E-state index contributed by atoms with van der Waals surface area (Å²) >= 11 is 0. The highest BCUT2D eigenvalue weighted by atomic mass is 15.1. The lowest BCUT2D eigenvalue weighted by molar-refractivity contribution is 0.268. The lowest BCUT2D eigenvalue weighted by Crippen LogP contribution is -2.27. The molecule has 0 aliphatic carbocycles. The first kappa shape index (κ1) is 14.7. The van der Waals surface area contributed by atoms with Gasteiger partial charge in [-0.15, -0.1) is 0 Å². The van der Waals surface area contributed by atoms with Crippen LogP contribution in [0.4, 0.5) is 0 Å². The van der Waals surface area contributed by atoms with Gasteiger partial charge in [0.15, 0.2) is 0 Å². The molecule has 0 aliphatic heterocycles. The predicted octanol–water partition coefficient (Wildman–Crippen LogP) is 2.66. The van der Waals surface area contributed by atoms with E-state index in [1.807, 2.05) is 0 Å². The molecular weight excluding hydrogens is 184 g/mol. The molecule has 0 aliphatic rings. The van der Waals surface area contributed by atoms with Gasteiger partial charge in [-0.2, -0.15) is 0 Å². The van der Waals surface area contributed by atoms with Crippen LogP contribution in [0.25, 0.3) is 0 Å². The Hall–Kier alpha value is -0.340. The fraction of sp³-hybridized carbons (Fsp3) is 0.846. The average molecular weight is 212 g/mol. The molecule has 0 atom stereocenters. The van der Waals surface area contributed by atoms with Crippen molar-refractivity contribution in [3.8, 4) is 0 Å². The summed E-state index contributed by atoms with van der Waals surface area (Å²) in [6.45, 7) is 12.1. The van der Waals surface area contributed by atoms with Gasteiger partial charge < -0.3 is 10.2 Å². The van der Waals surface area contributed by atoms with E-state index in [0.29, 0.717) is 6.04 Å². The average Bonchev–Trinajstić information content (AvgIpc) is 2.15. The number of rotatable bonds is 8. The molecule has 90 valence electrons. The van der Waals surface area contributed by atoms with Crippen molar-refractivity contribution < 1.29 is 0 Å². The second-order valence-corrected chi connectivity index (χ2v) is 4.77. The second-order valence-electron chi connectivity index (χ2n) is 4.77. The summed E-state index contributed by atoms with van der Waals surface area (Å²) in [4.78, 5) is 2.40. The van der Waals surface area contributed by atoms with Crippen LogP contribution in [-0.2, 0) is 0 Å². The van der Waals surface area contributed by atoms with E-state index < -0.39 is 0 Å². The molecule has 0 unspecified atom stereocenters. The Morgan fingerprint density at radius 1 is 1.27 bits per heavy atom. The normalized spacial score (nSPS) is 11.1. The number of nitrogens with one attached hydrogen (secondary N) is 1. The molecule has 0 bridgehead atoms. The minimum absolute atomic E-state index is 0.670. The molecule has 0 amide bonds. The van der Waals surface area contributed by atoms with Crippen LogP contribution in [0.1, 0.15) is 40.5 Å². The van der Waals surface area contributed by atoms with Crippen molar-refractivity contribution in [3.05, 3.63) is 11.6 Å². The van der Waals surface area contributed by atoms with Crippen LogP contribution < -0.4 is 5.32 Å². The van der Waals surface area contributed by atoms with Gasteiger partial charge in [-0.1, -0.05) is 11.6 Å². The Morgan fingerprint density at radius 2 is 1.93 bits per heavy atom. The molecule has 0 heterocycles. The Kier molecular flexibility index (Phi) is 8.73. The van der Waals surface area contributed by atoms with Crippen molar-refractivity contribution in [2.45, 2.75) is 46.6 Å². The highest BCUT2D eigenvalue weighted by molar-refractivity contribution is 4.94. The number of nitrogens with zero attached hydrogens (tertiary/aromatic N) is 1. The zero-order valence-corrected chi connectivity index (χ0v) is 11.1. The standard InChI is InChI=1S/C13H28N2/c1-12(2)8-10-14-9-6-7-11-15(5)13(3)4/h8,13-14H,6-7,9-11H2,1-5H3. The van der Waals surface area contributed by atoms with Crippen molar-refractivity contribution >= 4 is 0 Å². The first-order chi connectivity index (χ1) is 7.04. The second kappa shape index (κ2) is 8.93. The first-order valence-corrected chi connectivity index (χ1v) is 6.08. The molecule has 0 aromatic carbocycles. The summed E-state index contributed by atoms with van der Waals surface area (Å²) in [5.41, 5.74) is 1.39. The molecule has 1 N–H and O–H groups in total. The van der Waals surface area contributed by atoms with Gasteiger partial charge >= 0.3 is 0 Å². The van der Waals surface area contributed by atoms with E-state index in [2.05, 4.69) is 51.0 Å². The van der Waals surface area contributed by atoms with Crippen LogP contribution in [0.2, 0.25) is 0 Å². The van der Waals surface area contributed by atoms with E-state index in [9.17, 15) is 0 Å². The van der Waals surface area contributed by atoms with Crippen molar-refractivity contribution in [3.63, 3.8) is 0 Å². The smallest absolute Gasteiger partial charge is 0.0137 e. The Labute approximate surface area is 95.7 Å². The van der Waals surface area contributed by atoms with Gasteiger partial charge in [0.25, 0.3) is 0 Å². The van der Waals surface area contributed by atoms with E-state index in [1.54, 1.807) is 0 Å². The summed E-state index contributed by atoms with van der Waals surface area (Å²) < 4.78 is 0. The van der Waals surface area contributed by atoms with Crippen LogP contribution in [0, 0.1) is 0 Å². The fourth-order valence-electron chi connectivity index (χ4n) is 1.25. The quantitative estimate of drug-likeness (QED) is 0.491. The van der Waals surface area contributed by atoms with Gasteiger partial charge in [0.05, 0.1) is 0 Å². The van der Waals surface area contributed by atoms with Crippen LogP contribution >= 0.6 is 0 Å². The highest BCUT2D eigenvalue weighted by Crippen LogP contribution is 1.97. The monoisotopic (exact) mass is 212 g/mol. The summed E-state index contributed by atoms with van der Waals surface area (Å²) in [6.07, 6.45) is 4.80. The van der Waals surface area contributed by atoms with Crippen LogP contribution in [0.5, 0.6) is 0 Å². The minimum atomic E-state index is 0.670. The summed E-state index contributed by atoms with van der Waals surface area (Å²) in [5, 5.41) is 3.42. The van der Waals surface area contributed by atoms with E-state index in [0.717, 1.165) is 13.1 Å². The SMILES string of the molecule is CC(C)=CCNCCCCN(C)C(C)C. The van der Waals surface area contributed by atoms with Gasteiger partial charge in [0, 0.05) is 12.6 Å². The molecular formula is C13H28N2. The molecule has 2 heteroatoms. The van der Waals surface area contributed by atoms with E-state index in [4.69, 9.17) is 0 Å². The summed E-state index contributed by atoms with van der Waals surface area (Å²) in [6, 6.07) is 0.670. The third-order valence-corrected chi connectivity index (χ3v) is 2.65. The molecule has 0 radical (unpaired) electrons. The lowest BCUT2D eigenvalue weighted by atomic mass is 10.2. The molecule has 0 aromatic heterocycles. The predicted molar refractivity (Wildman–Crippen MR) is 69.3 cm³/mol. The number of unbranched alkanes of at least 4 members (excludes halogenated alkanes) is 1. The van der Waals surface area contributed by atoms with E-state index >= 15 is 0 Å². The Morgan fingerprint density at radius 3 is 2.47 bits per heavy atom. The molecule has 0 rings (SSSR count). The molecule has 0 saturated carbocycles. The summed E-state index contributed by atoms with van der Waals surface area (Å²) in [7, 11) is 2.20. The fourth-order valence-corrected chi connectivity index (χ4v) is 1.25. The molecule has 0 fully saturated rings. The summed E-state index contributed by atoms with van der Waals surface area (Å²) in [5.74, 6) is 0. The van der Waals surface area contributed by atoms with Gasteiger partial charge in [-0.3, -0.25) is 0 Å². The maximum Gasteiger partial charge on any atom is 0.0137 e. The van der Waals surface area contributed by atoms with Gasteiger partial charge in [-0.25, -0.2) is 0 Å². The van der Waals surface area contributed by atoms with Crippen molar-refractivity contribution in [1.82, 2.24) is 10.2 Å². The number of hydrogen-bond donors (Lipinski definition) is 1. The third-order valence-electron chi connectivity index (χ3n) is 2.65. The Balaban J connectivity index is 3.22. The molecule has 0 saturated heterocycles. The number of hydrogen-bond acceptors (Lipinski definition) is 2.